The summed E-state index contributed by atoms with van der Waals surface area (Å²) >= 11 is 0. The van der Waals surface area contributed by atoms with Gasteiger partial charge in [-0.25, -0.2) is 4.39 Å². The van der Waals surface area contributed by atoms with Crippen molar-refractivity contribution in [2.45, 2.75) is 19.9 Å². The van der Waals surface area contributed by atoms with Crippen LogP contribution in [0.15, 0.2) is 23.4 Å². The predicted octanol–water partition coefficient (Wildman–Crippen LogP) is 1.43. The maximum atomic E-state index is 13.3. The number of amides is 1. The van der Waals surface area contributed by atoms with Crippen LogP contribution in [0.3, 0.4) is 0 Å². The number of hydrogen-bond acceptors (Lipinski definition) is 4. The summed E-state index contributed by atoms with van der Waals surface area (Å²) in [5.41, 5.74) is 5.70. The normalized spacial score (nSPS) is 11.6. The Morgan fingerprint density at radius 1 is 1.55 bits per heavy atom. The van der Waals surface area contributed by atoms with E-state index < -0.39 is 5.82 Å². The summed E-state index contributed by atoms with van der Waals surface area (Å²) in [6, 6.07) is 3.67. The predicted molar refractivity (Wildman–Crippen MR) is 72.5 cm³/mol. The first-order chi connectivity index (χ1) is 9.40. The van der Waals surface area contributed by atoms with Gasteiger partial charge in [-0.05, 0) is 32.0 Å². The van der Waals surface area contributed by atoms with Gasteiger partial charge in [0.2, 0.25) is 0 Å². The van der Waals surface area contributed by atoms with Crippen LogP contribution in [-0.2, 0) is 0 Å². The highest BCUT2D eigenvalue weighted by molar-refractivity contribution is 5.97. The Morgan fingerprint density at radius 2 is 2.20 bits per heavy atom. The molecule has 7 heteroatoms. The molecule has 20 heavy (non-hydrogen) atoms. The molecule has 0 heterocycles. The van der Waals surface area contributed by atoms with Crippen LogP contribution in [0.4, 0.5) is 4.39 Å². The Morgan fingerprint density at radius 3 is 2.70 bits per heavy atom. The Kier molecular flexibility index (Phi) is 5.31. The summed E-state index contributed by atoms with van der Waals surface area (Å²) in [6.07, 6.45) is 0. The van der Waals surface area contributed by atoms with Gasteiger partial charge in [-0.15, -0.1) is 0 Å². The first-order valence-electron chi connectivity index (χ1n) is 6.01. The average Bonchev–Trinajstić information content (AvgIpc) is 2.43. The molecule has 1 amide bonds. The first kappa shape index (κ1) is 15.7. The molecule has 0 aliphatic heterocycles. The lowest BCUT2D eigenvalue weighted by Crippen LogP contribution is -2.42. The molecule has 6 nitrogen and oxygen atoms in total. The number of carbonyl (C=O) groups is 1. The molecule has 0 atom stereocenters. The maximum Gasteiger partial charge on any atom is 0.254 e. The smallest absolute Gasteiger partial charge is 0.254 e. The van der Waals surface area contributed by atoms with Crippen LogP contribution >= 0.6 is 0 Å². The molecule has 3 N–H and O–H groups in total. The van der Waals surface area contributed by atoms with Crippen molar-refractivity contribution in [2.75, 3.05) is 13.7 Å². The zero-order chi connectivity index (χ0) is 15.3. The van der Waals surface area contributed by atoms with E-state index in [0.29, 0.717) is 0 Å². The number of benzene rings is 1. The summed E-state index contributed by atoms with van der Waals surface area (Å²) < 4.78 is 18.2. The molecule has 0 fully saturated rings. The molecular formula is C13H18FN3O3. The van der Waals surface area contributed by atoms with E-state index in [9.17, 15) is 9.18 Å². The van der Waals surface area contributed by atoms with Gasteiger partial charge >= 0.3 is 0 Å². The van der Waals surface area contributed by atoms with Gasteiger partial charge in [0.15, 0.2) is 17.4 Å². The molecular weight excluding hydrogens is 265 g/mol. The van der Waals surface area contributed by atoms with Gasteiger partial charge in [0, 0.05) is 11.6 Å². The van der Waals surface area contributed by atoms with Gasteiger partial charge in [0.25, 0.3) is 5.91 Å². The van der Waals surface area contributed by atoms with Crippen molar-refractivity contribution >= 4 is 11.7 Å². The molecule has 1 aromatic carbocycles. The molecule has 0 bridgehead atoms. The number of hydrogen-bond donors (Lipinski definition) is 2. The average molecular weight is 283 g/mol. The Labute approximate surface area is 116 Å². The van der Waals surface area contributed by atoms with E-state index in [1.165, 1.54) is 24.1 Å². The zero-order valence-corrected chi connectivity index (χ0v) is 11.6. The summed E-state index contributed by atoms with van der Waals surface area (Å²) in [6.45, 7) is 3.57. The minimum atomic E-state index is -0.545. The molecule has 0 spiro atoms. The van der Waals surface area contributed by atoms with Gasteiger partial charge in [-0.3, -0.25) is 4.79 Å². The molecule has 0 aromatic heterocycles. The first-order valence-corrected chi connectivity index (χ1v) is 6.01. The number of methoxy groups -OCH3 is 1. The van der Waals surface area contributed by atoms with Crippen molar-refractivity contribution in [3.8, 4) is 5.75 Å². The van der Waals surface area contributed by atoms with Crippen molar-refractivity contribution in [1.82, 2.24) is 4.90 Å². The molecule has 0 radical (unpaired) electrons. The third-order valence-corrected chi connectivity index (χ3v) is 2.74. The van der Waals surface area contributed by atoms with Gasteiger partial charge in [-0.1, -0.05) is 5.16 Å². The monoisotopic (exact) mass is 283 g/mol. The fraction of sp³-hybridized carbons (Fsp3) is 0.385. The number of oxime groups is 1. The molecule has 1 aromatic rings. The van der Waals surface area contributed by atoms with E-state index in [4.69, 9.17) is 15.7 Å². The Hall–Kier alpha value is -2.31. The van der Waals surface area contributed by atoms with Crippen LogP contribution in [0.2, 0.25) is 0 Å². The molecule has 0 unspecified atom stereocenters. The number of ether oxygens (including phenoxy) is 1. The van der Waals surface area contributed by atoms with Crippen LogP contribution in [0.5, 0.6) is 5.75 Å². The Bertz CT molecular complexity index is 518. The van der Waals surface area contributed by atoms with Crippen molar-refractivity contribution < 1.29 is 19.1 Å². The third kappa shape index (κ3) is 3.59. The van der Waals surface area contributed by atoms with Crippen molar-refractivity contribution in [3.05, 3.63) is 29.6 Å². The number of amidine groups is 1. The fourth-order valence-electron chi connectivity index (χ4n) is 1.65. The van der Waals surface area contributed by atoms with Crippen LogP contribution < -0.4 is 10.5 Å². The van der Waals surface area contributed by atoms with Crippen molar-refractivity contribution in [1.29, 1.82) is 0 Å². The lowest BCUT2D eigenvalue weighted by atomic mass is 10.1. The largest absolute Gasteiger partial charge is 0.494 e. The topological polar surface area (TPSA) is 88.2 Å². The van der Waals surface area contributed by atoms with E-state index in [1.807, 2.05) is 0 Å². The van der Waals surface area contributed by atoms with Gasteiger partial charge in [0.05, 0.1) is 13.7 Å². The van der Waals surface area contributed by atoms with Gasteiger partial charge < -0.3 is 20.6 Å². The number of carbonyl (C=O) groups excluding carboxylic acids is 1. The highest BCUT2D eigenvalue weighted by atomic mass is 19.1. The second-order valence-corrected chi connectivity index (χ2v) is 4.47. The molecule has 0 saturated heterocycles. The van der Waals surface area contributed by atoms with Crippen LogP contribution in [0.25, 0.3) is 0 Å². The second kappa shape index (κ2) is 6.74. The number of rotatable bonds is 5. The van der Waals surface area contributed by atoms with E-state index in [-0.39, 0.29) is 35.6 Å². The quantitative estimate of drug-likeness (QED) is 0.370. The van der Waals surface area contributed by atoms with E-state index >= 15 is 0 Å². The summed E-state index contributed by atoms with van der Waals surface area (Å²) in [5, 5.41) is 11.4. The molecule has 110 valence electrons. The van der Waals surface area contributed by atoms with Crippen LogP contribution in [0, 0.1) is 5.82 Å². The molecule has 0 aliphatic carbocycles. The van der Waals surface area contributed by atoms with E-state index in [2.05, 4.69) is 5.16 Å². The van der Waals surface area contributed by atoms with Crippen molar-refractivity contribution in [2.24, 2.45) is 10.9 Å². The van der Waals surface area contributed by atoms with Crippen LogP contribution in [0.1, 0.15) is 24.2 Å². The molecule has 0 saturated carbocycles. The van der Waals surface area contributed by atoms with Crippen LogP contribution in [-0.4, -0.2) is 41.5 Å². The molecule has 1 rings (SSSR count). The van der Waals surface area contributed by atoms with Gasteiger partial charge in [-0.2, -0.15) is 0 Å². The fourth-order valence-corrected chi connectivity index (χ4v) is 1.65. The maximum absolute atomic E-state index is 13.3. The number of nitrogens with two attached hydrogens (primary N) is 1. The standard InChI is InChI=1S/C13H18FN3O3/c1-8(2)17(7-12(15)16-19)13(18)9-4-5-10(14)11(6-9)20-3/h4-6,8,19H,7H2,1-3H3,(H2,15,16). The minimum Gasteiger partial charge on any atom is -0.494 e. The summed E-state index contributed by atoms with van der Waals surface area (Å²) in [5.74, 6) is -0.994. The van der Waals surface area contributed by atoms with E-state index in [1.54, 1.807) is 13.8 Å². The highest BCUT2D eigenvalue weighted by Crippen LogP contribution is 2.20. The highest BCUT2D eigenvalue weighted by Gasteiger charge is 2.21. The Balaban J connectivity index is 3.06. The lowest BCUT2D eigenvalue weighted by Gasteiger charge is -2.26. The number of nitrogens with zero attached hydrogens (tertiary/aromatic N) is 2. The minimum absolute atomic E-state index is 0.0108. The number of halogens is 1. The van der Waals surface area contributed by atoms with Crippen molar-refractivity contribution in [3.63, 3.8) is 0 Å². The third-order valence-electron chi connectivity index (χ3n) is 2.74. The summed E-state index contributed by atoms with van der Waals surface area (Å²) in [4.78, 5) is 13.8. The SMILES string of the molecule is COc1cc(C(=O)N(C/C(N)=N/O)C(C)C)ccc1F. The lowest BCUT2D eigenvalue weighted by molar-refractivity contribution is 0.0733. The second-order valence-electron chi connectivity index (χ2n) is 4.47. The van der Waals surface area contributed by atoms with E-state index in [0.717, 1.165) is 6.07 Å². The molecule has 0 aliphatic rings. The summed E-state index contributed by atoms with van der Waals surface area (Å²) in [7, 11) is 1.32. The van der Waals surface area contributed by atoms with Gasteiger partial charge in [0.1, 0.15) is 0 Å². The zero-order valence-electron chi connectivity index (χ0n) is 11.6.